The first-order valence-electron chi connectivity index (χ1n) is 10.0. The summed E-state index contributed by atoms with van der Waals surface area (Å²) in [5, 5.41) is 4.10. The number of nitrogens with zero attached hydrogens (tertiary/aromatic N) is 8. The van der Waals surface area contributed by atoms with E-state index >= 15 is 0 Å². The first-order valence-corrected chi connectivity index (χ1v) is 10.0. The van der Waals surface area contributed by atoms with Gasteiger partial charge in [0.25, 0.3) is 0 Å². The Hall–Kier alpha value is -3.11. The van der Waals surface area contributed by atoms with Crippen LogP contribution < -0.4 is 10.6 Å². The molecule has 1 aromatic carbocycles. The molecule has 0 amide bonds. The largest absolute Gasteiger partial charge is 0.368 e. The van der Waals surface area contributed by atoms with Crippen molar-refractivity contribution >= 4 is 11.9 Å². The van der Waals surface area contributed by atoms with Crippen LogP contribution in [-0.2, 0) is 6.54 Å². The van der Waals surface area contributed by atoms with Gasteiger partial charge in [0.1, 0.15) is 0 Å². The predicted octanol–water partition coefficient (Wildman–Crippen LogP) is 1.45. The summed E-state index contributed by atoms with van der Waals surface area (Å²) in [5.74, 6) is 2.79. The molecule has 30 heavy (non-hydrogen) atoms. The quantitative estimate of drug-likeness (QED) is 0.641. The molecule has 0 unspecified atom stereocenters. The maximum atomic E-state index is 5.88. The zero-order valence-corrected chi connectivity index (χ0v) is 17.6. The minimum absolute atomic E-state index is 0.0595. The van der Waals surface area contributed by atoms with Crippen LogP contribution in [0.5, 0.6) is 0 Å². The molecule has 1 saturated heterocycles. The van der Waals surface area contributed by atoms with Gasteiger partial charge >= 0.3 is 0 Å². The van der Waals surface area contributed by atoms with Crippen molar-refractivity contribution in [3.8, 4) is 11.4 Å². The Morgan fingerprint density at radius 2 is 1.77 bits per heavy atom. The highest BCUT2D eigenvalue weighted by Crippen LogP contribution is 2.21. The summed E-state index contributed by atoms with van der Waals surface area (Å²) in [6.45, 7) is 6.33. The molecule has 1 aliphatic rings. The molecular formula is C20H27N9O. The number of aromatic nitrogens is 5. The lowest BCUT2D eigenvalue weighted by Gasteiger charge is -2.36. The van der Waals surface area contributed by atoms with Gasteiger partial charge in [-0.25, -0.2) is 0 Å². The van der Waals surface area contributed by atoms with Crippen molar-refractivity contribution < 1.29 is 4.52 Å². The second kappa shape index (κ2) is 8.72. The molecule has 0 spiro atoms. The van der Waals surface area contributed by atoms with Gasteiger partial charge in [0.2, 0.25) is 23.6 Å². The Morgan fingerprint density at radius 1 is 1.03 bits per heavy atom. The highest BCUT2D eigenvalue weighted by atomic mass is 16.5. The third kappa shape index (κ3) is 4.55. The number of anilines is 2. The molecule has 4 rings (SSSR count). The summed E-state index contributed by atoms with van der Waals surface area (Å²) in [5.41, 5.74) is 6.84. The molecule has 0 aliphatic carbocycles. The SMILES string of the molecule is C[C@@H](c1nc(N)nc(N(C)C)n1)N1CCN(Cc2nc(-c3ccccc3)no2)CC1. The molecule has 1 fully saturated rings. The summed E-state index contributed by atoms with van der Waals surface area (Å²) in [7, 11) is 3.78. The summed E-state index contributed by atoms with van der Waals surface area (Å²) >= 11 is 0. The van der Waals surface area contributed by atoms with Crippen LogP contribution in [0, 0.1) is 0 Å². The van der Waals surface area contributed by atoms with Crippen molar-refractivity contribution in [2.75, 3.05) is 50.9 Å². The average molecular weight is 409 g/mol. The maximum Gasteiger partial charge on any atom is 0.241 e. The molecule has 1 atom stereocenters. The number of nitrogens with two attached hydrogens (primary N) is 1. The molecule has 0 radical (unpaired) electrons. The summed E-state index contributed by atoms with van der Waals surface area (Å²) < 4.78 is 5.45. The Kier molecular flexibility index (Phi) is 5.86. The van der Waals surface area contributed by atoms with Crippen LogP contribution in [0.1, 0.15) is 24.7 Å². The molecule has 1 aliphatic heterocycles. The third-order valence-electron chi connectivity index (χ3n) is 5.25. The fourth-order valence-electron chi connectivity index (χ4n) is 3.47. The second-order valence-electron chi connectivity index (χ2n) is 7.61. The van der Waals surface area contributed by atoms with E-state index in [1.165, 1.54) is 0 Å². The van der Waals surface area contributed by atoms with Gasteiger partial charge in [-0.1, -0.05) is 35.5 Å². The fraction of sp³-hybridized carbons (Fsp3) is 0.450. The Morgan fingerprint density at radius 3 is 2.47 bits per heavy atom. The lowest BCUT2D eigenvalue weighted by atomic mass is 10.2. The van der Waals surface area contributed by atoms with Crippen LogP contribution in [0.2, 0.25) is 0 Å². The summed E-state index contributed by atoms with van der Waals surface area (Å²) in [6, 6.07) is 9.91. The smallest absolute Gasteiger partial charge is 0.241 e. The monoisotopic (exact) mass is 409 g/mol. The molecule has 10 nitrogen and oxygen atoms in total. The van der Waals surface area contributed by atoms with Crippen molar-refractivity contribution in [3.63, 3.8) is 0 Å². The Labute approximate surface area is 175 Å². The second-order valence-corrected chi connectivity index (χ2v) is 7.61. The normalized spacial score (nSPS) is 16.5. The Bertz CT molecular complexity index is 967. The molecule has 0 saturated carbocycles. The van der Waals surface area contributed by atoms with Crippen LogP contribution in [-0.4, -0.2) is 75.2 Å². The number of hydrogen-bond acceptors (Lipinski definition) is 10. The van der Waals surface area contributed by atoms with Crippen molar-refractivity contribution in [1.29, 1.82) is 0 Å². The molecule has 2 aromatic heterocycles. The van der Waals surface area contributed by atoms with E-state index in [-0.39, 0.29) is 12.0 Å². The number of rotatable bonds is 6. The number of piperazine rings is 1. The van der Waals surface area contributed by atoms with Gasteiger partial charge in [-0.15, -0.1) is 0 Å². The van der Waals surface area contributed by atoms with Crippen molar-refractivity contribution in [2.45, 2.75) is 19.5 Å². The maximum absolute atomic E-state index is 5.88. The topological polar surface area (TPSA) is 113 Å². The highest BCUT2D eigenvalue weighted by Gasteiger charge is 2.25. The molecule has 3 aromatic rings. The van der Waals surface area contributed by atoms with E-state index in [0.717, 1.165) is 31.7 Å². The molecule has 3 heterocycles. The molecular weight excluding hydrogens is 382 g/mol. The van der Waals surface area contributed by atoms with Crippen molar-refractivity contribution in [3.05, 3.63) is 42.0 Å². The van der Waals surface area contributed by atoms with Crippen LogP contribution in [0.25, 0.3) is 11.4 Å². The number of benzene rings is 1. The van der Waals surface area contributed by atoms with E-state index in [1.54, 1.807) is 0 Å². The summed E-state index contributed by atoms with van der Waals surface area (Å²) in [6.07, 6.45) is 0. The van der Waals surface area contributed by atoms with E-state index in [1.807, 2.05) is 49.3 Å². The van der Waals surface area contributed by atoms with Crippen LogP contribution in [0.3, 0.4) is 0 Å². The van der Waals surface area contributed by atoms with Gasteiger partial charge < -0.3 is 15.2 Å². The molecule has 0 bridgehead atoms. The fourth-order valence-corrected chi connectivity index (χ4v) is 3.47. The molecule has 2 N–H and O–H groups in total. The van der Waals surface area contributed by atoms with E-state index in [0.29, 0.717) is 30.0 Å². The van der Waals surface area contributed by atoms with Crippen molar-refractivity contribution in [2.24, 2.45) is 0 Å². The van der Waals surface area contributed by atoms with Gasteiger partial charge in [0.05, 0.1) is 12.6 Å². The van der Waals surface area contributed by atoms with Gasteiger partial charge in [0.15, 0.2) is 5.82 Å². The van der Waals surface area contributed by atoms with Crippen LogP contribution in [0.15, 0.2) is 34.9 Å². The minimum atomic E-state index is 0.0595. The first kappa shape index (κ1) is 20.2. The van der Waals surface area contributed by atoms with E-state index < -0.39 is 0 Å². The average Bonchev–Trinajstić information content (AvgIpc) is 3.22. The lowest BCUT2D eigenvalue weighted by molar-refractivity contribution is 0.0877. The van der Waals surface area contributed by atoms with E-state index in [9.17, 15) is 0 Å². The van der Waals surface area contributed by atoms with Crippen molar-refractivity contribution in [1.82, 2.24) is 34.9 Å². The molecule has 158 valence electrons. The lowest BCUT2D eigenvalue weighted by Crippen LogP contribution is -2.47. The highest BCUT2D eigenvalue weighted by molar-refractivity contribution is 5.53. The van der Waals surface area contributed by atoms with Gasteiger partial charge in [-0.05, 0) is 6.92 Å². The number of hydrogen-bond donors (Lipinski definition) is 1. The Balaban J connectivity index is 1.35. The van der Waals surface area contributed by atoms with E-state index in [2.05, 4.69) is 41.8 Å². The minimum Gasteiger partial charge on any atom is -0.368 e. The standard InChI is InChI=1S/C20H27N9O/c1-14(17-23-19(21)25-20(24-17)27(2)3)29-11-9-28(10-12-29)13-16-22-18(26-30-16)15-7-5-4-6-8-15/h4-8,14H,9-13H2,1-3H3,(H2,21,23,24,25)/t14-/m0/s1. The zero-order chi connectivity index (χ0) is 21.1. The van der Waals surface area contributed by atoms with E-state index in [4.69, 9.17) is 10.3 Å². The number of nitrogen functional groups attached to an aromatic ring is 1. The van der Waals surface area contributed by atoms with Gasteiger partial charge in [-0.2, -0.15) is 19.9 Å². The van der Waals surface area contributed by atoms with Gasteiger partial charge in [-0.3, -0.25) is 9.80 Å². The first-order chi connectivity index (χ1) is 14.5. The third-order valence-corrected chi connectivity index (χ3v) is 5.25. The zero-order valence-electron chi connectivity index (χ0n) is 17.6. The molecule has 10 heteroatoms. The van der Waals surface area contributed by atoms with Crippen LogP contribution >= 0.6 is 0 Å². The van der Waals surface area contributed by atoms with Crippen LogP contribution in [0.4, 0.5) is 11.9 Å². The predicted molar refractivity (Wildman–Crippen MR) is 114 cm³/mol. The van der Waals surface area contributed by atoms with Gasteiger partial charge in [0, 0.05) is 45.8 Å². The summed E-state index contributed by atoms with van der Waals surface area (Å²) in [4.78, 5) is 24.1.